The lowest BCUT2D eigenvalue weighted by atomic mass is 10.1. The van der Waals surface area contributed by atoms with Gasteiger partial charge in [-0.25, -0.2) is 4.79 Å². The number of rotatable bonds is 3. The number of likely N-dealkylation sites (tertiary alicyclic amines) is 1. The highest BCUT2D eigenvalue weighted by Gasteiger charge is 2.29. The average Bonchev–Trinajstić information content (AvgIpc) is 2.85. The number of hydrogen-bond donors (Lipinski definition) is 2. The van der Waals surface area contributed by atoms with Crippen LogP contribution in [0.5, 0.6) is 0 Å². The van der Waals surface area contributed by atoms with Crippen LogP contribution in [0.3, 0.4) is 0 Å². The topological polar surface area (TPSA) is 52.6 Å². The summed E-state index contributed by atoms with van der Waals surface area (Å²) in [4.78, 5) is 13.6. The number of halogens is 3. The van der Waals surface area contributed by atoms with E-state index in [-0.39, 0.29) is 18.2 Å². The molecule has 1 heterocycles. The van der Waals surface area contributed by atoms with Crippen LogP contribution in [0.1, 0.15) is 18.4 Å². The van der Waals surface area contributed by atoms with Gasteiger partial charge in [0.2, 0.25) is 0 Å². The molecule has 1 atom stereocenters. The van der Waals surface area contributed by atoms with Crippen molar-refractivity contribution in [2.75, 3.05) is 18.5 Å². The highest BCUT2D eigenvalue weighted by molar-refractivity contribution is 5.89. The van der Waals surface area contributed by atoms with E-state index in [1.807, 2.05) is 0 Å². The maximum atomic E-state index is 12.4. The fourth-order valence-corrected chi connectivity index (χ4v) is 2.48. The molecule has 2 rings (SSSR count). The van der Waals surface area contributed by atoms with Crippen LogP contribution in [0, 0.1) is 0 Å². The molecule has 0 spiro atoms. The molecule has 2 amide bonds. The second kappa shape index (κ2) is 6.34. The molecule has 2 N–H and O–H groups in total. The summed E-state index contributed by atoms with van der Waals surface area (Å²) in [5.41, 5.74) is 0.422. The van der Waals surface area contributed by atoms with Crippen molar-refractivity contribution < 1.29 is 23.1 Å². The van der Waals surface area contributed by atoms with Crippen molar-refractivity contribution in [2.24, 2.45) is 0 Å². The maximum Gasteiger partial charge on any atom is 0.393 e. The van der Waals surface area contributed by atoms with E-state index < -0.39 is 18.6 Å². The van der Waals surface area contributed by atoms with E-state index in [2.05, 4.69) is 5.32 Å². The Morgan fingerprint density at radius 2 is 2.19 bits per heavy atom. The predicted molar refractivity (Wildman–Crippen MR) is 72.0 cm³/mol. The summed E-state index contributed by atoms with van der Waals surface area (Å²) in [7, 11) is 0. The molecule has 1 saturated heterocycles. The Morgan fingerprint density at radius 3 is 2.86 bits per heavy atom. The monoisotopic (exact) mass is 302 g/mol. The molecule has 1 fully saturated rings. The lowest BCUT2D eigenvalue weighted by Gasteiger charge is -2.23. The van der Waals surface area contributed by atoms with Crippen LogP contribution in [0.25, 0.3) is 0 Å². The summed E-state index contributed by atoms with van der Waals surface area (Å²) < 4.78 is 37.1. The number of amides is 2. The Labute approximate surface area is 120 Å². The number of carbonyl (C=O) groups excluding carboxylic acids is 1. The number of nitrogens with one attached hydrogen (secondary N) is 1. The number of carbonyl (C=O) groups is 1. The van der Waals surface area contributed by atoms with E-state index in [4.69, 9.17) is 0 Å². The van der Waals surface area contributed by atoms with Crippen molar-refractivity contribution in [2.45, 2.75) is 31.5 Å². The van der Waals surface area contributed by atoms with Crippen LogP contribution in [0.2, 0.25) is 0 Å². The number of nitrogens with zero attached hydrogens (tertiary/aromatic N) is 1. The Bertz CT molecular complexity index is 505. The molecule has 7 heteroatoms. The summed E-state index contributed by atoms with van der Waals surface area (Å²) in [5.74, 6) is 0. The molecule has 1 aliphatic rings. The Hall–Kier alpha value is -1.76. The van der Waals surface area contributed by atoms with Crippen LogP contribution in [0.4, 0.5) is 23.7 Å². The maximum absolute atomic E-state index is 12.4. The first-order valence-corrected chi connectivity index (χ1v) is 6.73. The van der Waals surface area contributed by atoms with Crippen molar-refractivity contribution in [3.8, 4) is 0 Å². The standard InChI is InChI=1S/C14H17F3N2O2/c15-14(16,17)8-10-3-1-4-11(7-10)18-13(21)19-6-2-5-12(19)9-20/h1,3-4,7,12,20H,2,5-6,8-9H2,(H,18,21). The molecule has 1 unspecified atom stereocenters. The number of aliphatic hydroxyl groups excluding tert-OH is 1. The van der Waals surface area contributed by atoms with Crippen molar-refractivity contribution in [1.82, 2.24) is 4.90 Å². The minimum atomic E-state index is -4.28. The zero-order valence-corrected chi connectivity index (χ0v) is 11.4. The Balaban J connectivity index is 2.02. The molecule has 0 radical (unpaired) electrons. The molecular formula is C14H17F3N2O2. The molecule has 1 aliphatic heterocycles. The highest BCUT2D eigenvalue weighted by Crippen LogP contribution is 2.23. The van der Waals surface area contributed by atoms with Gasteiger partial charge >= 0.3 is 12.2 Å². The van der Waals surface area contributed by atoms with E-state index in [1.165, 1.54) is 23.1 Å². The molecule has 0 aliphatic carbocycles. The molecule has 0 aromatic heterocycles. The first-order chi connectivity index (χ1) is 9.89. The number of alkyl halides is 3. The third-order valence-corrected chi connectivity index (χ3v) is 3.43. The average molecular weight is 302 g/mol. The zero-order valence-electron chi connectivity index (χ0n) is 11.4. The molecule has 0 saturated carbocycles. The van der Waals surface area contributed by atoms with Gasteiger partial charge in [0.1, 0.15) is 0 Å². The van der Waals surface area contributed by atoms with Gasteiger partial charge in [-0.05, 0) is 30.5 Å². The zero-order chi connectivity index (χ0) is 15.5. The van der Waals surface area contributed by atoms with E-state index in [0.29, 0.717) is 12.2 Å². The van der Waals surface area contributed by atoms with E-state index in [0.717, 1.165) is 12.8 Å². The second-order valence-corrected chi connectivity index (χ2v) is 5.09. The van der Waals surface area contributed by atoms with Gasteiger partial charge in [-0.3, -0.25) is 0 Å². The molecule has 1 aromatic carbocycles. The van der Waals surface area contributed by atoms with Gasteiger partial charge in [0.25, 0.3) is 0 Å². The van der Waals surface area contributed by atoms with Gasteiger partial charge in [0.15, 0.2) is 0 Å². The van der Waals surface area contributed by atoms with Crippen LogP contribution >= 0.6 is 0 Å². The number of urea groups is 1. The van der Waals surface area contributed by atoms with Crippen molar-refractivity contribution in [3.63, 3.8) is 0 Å². The third kappa shape index (κ3) is 4.35. The van der Waals surface area contributed by atoms with Gasteiger partial charge in [0, 0.05) is 12.2 Å². The fourth-order valence-electron chi connectivity index (χ4n) is 2.48. The minimum absolute atomic E-state index is 0.0976. The van der Waals surface area contributed by atoms with E-state index in [9.17, 15) is 23.1 Å². The van der Waals surface area contributed by atoms with Crippen molar-refractivity contribution in [1.29, 1.82) is 0 Å². The van der Waals surface area contributed by atoms with E-state index in [1.54, 1.807) is 6.07 Å². The van der Waals surface area contributed by atoms with Gasteiger partial charge < -0.3 is 15.3 Å². The summed E-state index contributed by atoms with van der Waals surface area (Å²) >= 11 is 0. The lowest BCUT2D eigenvalue weighted by Crippen LogP contribution is -2.40. The SMILES string of the molecule is O=C(Nc1cccc(CC(F)(F)F)c1)N1CCCC1CO. The highest BCUT2D eigenvalue weighted by atomic mass is 19.4. The predicted octanol–water partition coefficient (Wildman–Crippen LogP) is 2.78. The van der Waals surface area contributed by atoms with Gasteiger partial charge in [-0.15, -0.1) is 0 Å². The Morgan fingerprint density at radius 1 is 1.43 bits per heavy atom. The van der Waals surface area contributed by atoms with Crippen molar-refractivity contribution >= 4 is 11.7 Å². The molecule has 21 heavy (non-hydrogen) atoms. The smallest absolute Gasteiger partial charge is 0.393 e. The third-order valence-electron chi connectivity index (χ3n) is 3.43. The molecule has 116 valence electrons. The quantitative estimate of drug-likeness (QED) is 0.902. The first kappa shape index (κ1) is 15.6. The molecule has 4 nitrogen and oxygen atoms in total. The van der Waals surface area contributed by atoms with Gasteiger partial charge in [-0.1, -0.05) is 12.1 Å². The molecule has 1 aromatic rings. The summed E-state index contributed by atoms with van der Waals surface area (Å²) in [6.45, 7) is 0.431. The number of benzene rings is 1. The lowest BCUT2D eigenvalue weighted by molar-refractivity contribution is -0.127. The largest absolute Gasteiger partial charge is 0.394 e. The van der Waals surface area contributed by atoms with Gasteiger partial charge in [0.05, 0.1) is 19.1 Å². The molecule has 0 bridgehead atoms. The van der Waals surface area contributed by atoms with Crippen LogP contribution in [-0.4, -0.2) is 41.4 Å². The van der Waals surface area contributed by atoms with E-state index >= 15 is 0 Å². The Kier molecular flexibility index (Phi) is 4.72. The first-order valence-electron chi connectivity index (χ1n) is 6.73. The van der Waals surface area contributed by atoms with Crippen molar-refractivity contribution in [3.05, 3.63) is 29.8 Å². The fraction of sp³-hybridized carbons (Fsp3) is 0.500. The second-order valence-electron chi connectivity index (χ2n) is 5.09. The molecular weight excluding hydrogens is 285 g/mol. The number of hydrogen-bond acceptors (Lipinski definition) is 2. The summed E-state index contributed by atoms with van der Waals surface area (Å²) in [5, 5.41) is 11.8. The summed E-state index contributed by atoms with van der Waals surface area (Å²) in [6.07, 6.45) is -3.76. The van der Waals surface area contributed by atoms with Crippen LogP contribution < -0.4 is 5.32 Å². The minimum Gasteiger partial charge on any atom is -0.394 e. The summed E-state index contributed by atoms with van der Waals surface area (Å²) in [6, 6.07) is 5.09. The van der Waals surface area contributed by atoms with Gasteiger partial charge in [-0.2, -0.15) is 13.2 Å². The van der Waals surface area contributed by atoms with Crippen LogP contribution in [-0.2, 0) is 6.42 Å². The normalized spacial score (nSPS) is 18.9. The number of anilines is 1. The van der Waals surface area contributed by atoms with Crippen LogP contribution in [0.15, 0.2) is 24.3 Å². The number of aliphatic hydroxyl groups is 1.